The second-order valence-corrected chi connectivity index (χ2v) is 9.98. The quantitative estimate of drug-likeness (QED) is 0.494. The normalized spacial score (nSPS) is 23.0. The van der Waals surface area contributed by atoms with Gasteiger partial charge in [0.25, 0.3) is 0 Å². The Morgan fingerprint density at radius 1 is 1.00 bits per heavy atom. The number of hydrogen-bond acceptors (Lipinski definition) is 9. The van der Waals surface area contributed by atoms with E-state index < -0.39 is 29.9 Å². The SMILES string of the molecule is COc1cc(C2c3cc4c(cc3C(N(CCCN(C)C)C(=O)O)C3C(=O)OCC23)OCO4)cc(OC)c1O. The molecule has 204 valence electrons. The third kappa shape index (κ3) is 4.30. The molecule has 0 saturated carbocycles. The lowest BCUT2D eigenvalue weighted by Crippen LogP contribution is -2.46. The summed E-state index contributed by atoms with van der Waals surface area (Å²) in [7, 11) is 6.75. The van der Waals surface area contributed by atoms with E-state index in [9.17, 15) is 19.8 Å². The van der Waals surface area contributed by atoms with Gasteiger partial charge in [-0.25, -0.2) is 4.79 Å². The van der Waals surface area contributed by atoms with Gasteiger partial charge in [0.1, 0.15) is 0 Å². The van der Waals surface area contributed by atoms with Crippen molar-refractivity contribution < 1.29 is 43.5 Å². The Labute approximate surface area is 220 Å². The zero-order valence-electron chi connectivity index (χ0n) is 21.8. The molecule has 3 aliphatic rings. The van der Waals surface area contributed by atoms with Crippen LogP contribution in [0.4, 0.5) is 4.79 Å². The minimum absolute atomic E-state index is 0.0504. The van der Waals surface area contributed by atoms with Crippen LogP contribution in [0.3, 0.4) is 0 Å². The van der Waals surface area contributed by atoms with Crippen molar-refractivity contribution in [2.24, 2.45) is 11.8 Å². The third-order valence-electron chi connectivity index (χ3n) is 7.60. The maximum absolute atomic E-state index is 13.3. The van der Waals surface area contributed by atoms with Crippen LogP contribution in [0.15, 0.2) is 24.3 Å². The zero-order chi connectivity index (χ0) is 27.1. The summed E-state index contributed by atoms with van der Waals surface area (Å²) in [6.07, 6.45) is -0.514. The number of carbonyl (C=O) groups is 2. The maximum Gasteiger partial charge on any atom is 0.407 e. The lowest BCUT2D eigenvalue weighted by molar-refractivity contribution is -0.143. The van der Waals surface area contributed by atoms with E-state index in [4.69, 9.17) is 23.7 Å². The van der Waals surface area contributed by atoms with Gasteiger partial charge in [-0.2, -0.15) is 0 Å². The lowest BCUT2D eigenvalue weighted by atomic mass is 9.65. The molecule has 4 unspecified atom stereocenters. The highest BCUT2D eigenvalue weighted by Crippen LogP contribution is 2.57. The van der Waals surface area contributed by atoms with Gasteiger partial charge in [-0.15, -0.1) is 0 Å². The Kier molecular flexibility index (Phi) is 6.87. The molecule has 2 aromatic carbocycles. The number of ether oxygens (including phenoxy) is 5. The Morgan fingerprint density at radius 3 is 2.21 bits per heavy atom. The highest BCUT2D eigenvalue weighted by molar-refractivity contribution is 5.79. The van der Waals surface area contributed by atoms with E-state index in [0.717, 1.165) is 11.1 Å². The molecule has 0 spiro atoms. The number of aromatic hydroxyl groups is 1. The average molecular weight is 529 g/mol. The number of methoxy groups -OCH3 is 2. The van der Waals surface area contributed by atoms with Crippen LogP contribution in [0.25, 0.3) is 0 Å². The van der Waals surface area contributed by atoms with Crippen molar-refractivity contribution in [3.8, 4) is 28.7 Å². The van der Waals surface area contributed by atoms with Crippen molar-refractivity contribution in [2.45, 2.75) is 18.4 Å². The minimum atomic E-state index is -1.11. The van der Waals surface area contributed by atoms with Crippen molar-refractivity contribution in [2.75, 3.05) is 54.8 Å². The standard InChI is InChI=1S/C27H32N2O9/c1-28(2)6-5-7-29(27(32)33)24-16-11-19-18(37-13-38-19)10-15(16)22(17-12-36-26(31)23(17)24)14-8-20(34-3)25(30)21(9-14)35-4/h8-11,17,22-24,30H,5-7,12-13H2,1-4H3,(H,32,33). The van der Waals surface area contributed by atoms with E-state index in [0.29, 0.717) is 30.0 Å². The molecule has 2 aromatic rings. The number of phenols is 1. The van der Waals surface area contributed by atoms with Crippen molar-refractivity contribution in [3.63, 3.8) is 0 Å². The number of phenolic OH excluding ortho intramolecular Hbond substituents is 1. The number of rotatable bonds is 8. The average Bonchev–Trinajstić information content (AvgIpc) is 3.50. The van der Waals surface area contributed by atoms with E-state index in [-0.39, 0.29) is 43.1 Å². The predicted molar refractivity (Wildman–Crippen MR) is 134 cm³/mol. The molecular formula is C27H32N2O9. The fraction of sp³-hybridized carbons (Fsp3) is 0.481. The van der Waals surface area contributed by atoms with Gasteiger partial charge in [0, 0.05) is 18.4 Å². The Bertz CT molecular complexity index is 1220. The number of fused-ring (bicyclic) bond motifs is 3. The largest absolute Gasteiger partial charge is 0.502 e. The first kappa shape index (κ1) is 25.8. The summed E-state index contributed by atoms with van der Waals surface area (Å²) in [5.41, 5.74) is 2.20. The van der Waals surface area contributed by atoms with Gasteiger partial charge in [0.05, 0.1) is 32.8 Å². The number of carboxylic acid groups (broad SMARTS) is 1. The molecular weight excluding hydrogens is 496 g/mol. The summed E-state index contributed by atoms with van der Waals surface area (Å²) in [5, 5.41) is 20.8. The number of esters is 1. The number of carbonyl (C=O) groups excluding carboxylic acids is 1. The minimum Gasteiger partial charge on any atom is -0.502 e. The number of benzene rings is 2. The van der Waals surface area contributed by atoms with Crippen molar-refractivity contribution in [3.05, 3.63) is 41.0 Å². The maximum atomic E-state index is 13.3. The molecule has 1 aliphatic carbocycles. The second-order valence-electron chi connectivity index (χ2n) is 9.98. The predicted octanol–water partition coefficient (Wildman–Crippen LogP) is 3.05. The van der Waals surface area contributed by atoms with Crippen LogP contribution in [-0.4, -0.2) is 86.9 Å². The number of amides is 1. The van der Waals surface area contributed by atoms with Crippen LogP contribution in [-0.2, 0) is 9.53 Å². The lowest BCUT2D eigenvalue weighted by Gasteiger charge is -2.43. The summed E-state index contributed by atoms with van der Waals surface area (Å²) in [4.78, 5) is 29.2. The van der Waals surface area contributed by atoms with Crippen molar-refractivity contribution in [1.82, 2.24) is 9.80 Å². The summed E-state index contributed by atoms with van der Waals surface area (Å²) < 4.78 is 27.7. The van der Waals surface area contributed by atoms with E-state index in [1.807, 2.05) is 25.1 Å². The molecule has 4 atom stereocenters. The summed E-state index contributed by atoms with van der Waals surface area (Å²) in [5.74, 6) is -0.600. The molecule has 1 amide bonds. The third-order valence-corrected chi connectivity index (χ3v) is 7.60. The van der Waals surface area contributed by atoms with Gasteiger partial charge >= 0.3 is 12.1 Å². The zero-order valence-corrected chi connectivity index (χ0v) is 21.8. The van der Waals surface area contributed by atoms with E-state index in [1.165, 1.54) is 19.1 Å². The van der Waals surface area contributed by atoms with Gasteiger partial charge in [-0.3, -0.25) is 4.79 Å². The molecule has 0 bridgehead atoms. The van der Waals surface area contributed by atoms with Crippen LogP contribution in [0.5, 0.6) is 28.7 Å². The molecule has 2 N–H and O–H groups in total. The van der Waals surface area contributed by atoms with Gasteiger partial charge in [0.15, 0.2) is 23.0 Å². The Hall–Kier alpha value is -3.86. The van der Waals surface area contributed by atoms with E-state index >= 15 is 0 Å². The molecule has 2 aliphatic heterocycles. The number of nitrogens with zero attached hydrogens (tertiary/aromatic N) is 2. The molecule has 2 heterocycles. The first-order chi connectivity index (χ1) is 18.2. The second kappa shape index (κ2) is 10.1. The Morgan fingerprint density at radius 2 is 1.63 bits per heavy atom. The first-order valence-electron chi connectivity index (χ1n) is 12.4. The monoisotopic (exact) mass is 528 g/mol. The van der Waals surface area contributed by atoms with E-state index in [2.05, 4.69) is 0 Å². The van der Waals surface area contributed by atoms with Gasteiger partial charge in [0.2, 0.25) is 12.5 Å². The molecule has 0 aromatic heterocycles. The molecule has 5 rings (SSSR count). The van der Waals surface area contributed by atoms with Gasteiger partial charge < -0.3 is 43.7 Å². The van der Waals surface area contributed by atoms with Gasteiger partial charge in [-0.1, -0.05) is 0 Å². The molecule has 38 heavy (non-hydrogen) atoms. The smallest absolute Gasteiger partial charge is 0.407 e. The van der Waals surface area contributed by atoms with Crippen LogP contribution >= 0.6 is 0 Å². The molecule has 1 fully saturated rings. The summed E-state index contributed by atoms with van der Waals surface area (Å²) in [6.45, 7) is 1.11. The fourth-order valence-corrected chi connectivity index (χ4v) is 5.94. The van der Waals surface area contributed by atoms with E-state index in [1.54, 1.807) is 18.2 Å². The summed E-state index contributed by atoms with van der Waals surface area (Å²) in [6, 6.07) is 6.30. The molecule has 11 nitrogen and oxygen atoms in total. The molecule has 11 heteroatoms. The molecule has 0 radical (unpaired) electrons. The van der Waals surface area contributed by atoms with Crippen molar-refractivity contribution in [1.29, 1.82) is 0 Å². The highest BCUT2D eigenvalue weighted by atomic mass is 16.7. The fourth-order valence-electron chi connectivity index (χ4n) is 5.94. The van der Waals surface area contributed by atoms with Crippen LogP contribution in [0.1, 0.15) is 35.1 Å². The van der Waals surface area contributed by atoms with Crippen molar-refractivity contribution >= 4 is 12.1 Å². The number of cyclic esters (lactones) is 1. The van der Waals surface area contributed by atoms with Crippen LogP contribution in [0.2, 0.25) is 0 Å². The first-order valence-corrected chi connectivity index (χ1v) is 12.4. The Balaban J connectivity index is 1.70. The number of hydrogen-bond donors (Lipinski definition) is 2. The summed E-state index contributed by atoms with van der Waals surface area (Å²) >= 11 is 0. The van der Waals surface area contributed by atoms with Crippen LogP contribution in [0, 0.1) is 11.8 Å². The topological polar surface area (TPSA) is 127 Å². The highest BCUT2D eigenvalue weighted by Gasteiger charge is 2.55. The van der Waals surface area contributed by atoms with Crippen LogP contribution < -0.4 is 18.9 Å². The van der Waals surface area contributed by atoms with Gasteiger partial charge in [-0.05, 0) is 68.0 Å². The molecule has 1 saturated heterocycles.